The van der Waals surface area contributed by atoms with Crippen LogP contribution >= 0.6 is 27.3 Å². The zero-order valence-corrected chi connectivity index (χ0v) is 11.5. The number of aromatic nitrogens is 2. The molecule has 0 fully saturated rings. The molecule has 0 saturated carbocycles. The second kappa shape index (κ2) is 4.93. The normalized spacial score (nSPS) is 12.4. The van der Waals surface area contributed by atoms with E-state index >= 15 is 0 Å². The second-order valence-corrected chi connectivity index (χ2v) is 5.60. The smallest absolute Gasteiger partial charge is 0.127 e. The lowest BCUT2D eigenvalue weighted by Gasteiger charge is -2.11. The molecule has 1 N–H and O–H groups in total. The molecule has 84 valence electrons. The Balaban J connectivity index is 2.10. The van der Waals surface area contributed by atoms with Gasteiger partial charge in [0.25, 0.3) is 0 Å². The molecule has 2 rings (SSSR count). The lowest BCUT2D eigenvalue weighted by Crippen LogP contribution is -2.07. The van der Waals surface area contributed by atoms with Gasteiger partial charge < -0.3 is 5.32 Å². The summed E-state index contributed by atoms with van der Waals surface area (Å²) in [5.74, 6) is 0.856. The van der Waals surface area contributed by atoms with Gasteiger partial charge in [-0.3, -0.25) is 0 Å². The van der Waals surface area contributed by atoms with E-state index in [9.17, 15) is 0 Å². The van der Waals surface area contributed by atoms with Crippen LogP contribution in [0.4, 0.5) is 5.82 Å². The summed E-state index contributed by atoms with van der Waals surface area (Å²) < 4.78 is 0.833. The third-order valence-electron chi connectivity index (χ3n) is 2.09. The molecule has 2 aromatic heterocycles. The molecule has 0 spiro atoms. The summed E-state index contributed by atoms with van der Waals surface area (Å²) in [5, 5.41) is 4.40. The third-order valence-corrected chi connectivity index (χ3v) is 3.63. The molecule has 0 aliphatic heterocycles. The van der Waals surface area contributed by atoms with Gasteiger partial charge in [-0.05, 0) is 41.9 Å². The molecule has 1 unspecified atom stereocenters. The predicted molar refractivity (Wildman–Crippen MR) is 70.8 cm³/mol. The zero-order valence-electron chi connectivity index (χ0n) is 9.07. The monoisotopic (exact) mass is 297 g/mol. The highest BCUT2D eigenvalue weighted by Gasteiger charge is 2.09. The molecule has 5 heteroatoms. The molecule has 1 atom stereocenters. The fraction of sp³-hybridized carbons (Fsp3) is 0.273. The molecule has 0 radical (unpaired) electrons. The van der Waals surface area contributed by atoms with Gasteiger partial charge in [-0.1, -0.05) is 6.07 Å². The summed E-state index contributed by atoms with van der Waals surface area (Å²) >= 11 is 5.05. The van der Waals surface area contributed by atoms with Crippen LogP contribution < -0.4 is 5.32 Å². The van der Waals surface area contributed by atoms with E-state index in [1.807, 2.05) is 24.4 Å². The summed E-state index contributed by atoms with van der Waals surface area (Å²) in [6, 6.07) is 5.99. The number of thiazole rings is 1. The van der Waals surface area contributed by atoms with Gasteiger partial charge in [0, 0.05) is 11.1 Å². The van der Waals surface area contributed by atoms with E-state index in [1.54, 1.807) is 11.3 Å². The van der Waals surface area contributed by atoms with Crippen molar-refractivity contribution in [2.45, 2.75) is 19.9 Å². The van der Waals surface area contributed by atoms with Crippen molar-refractivity contribution in [3.63, 3.8) is 0 Å². The van der Waals surface area contributed by atoms with Crippen LogP contribution in [0, 0.1) is 6.92 Å². The first kappa shape index (κ1) is 11.5. The topological polar surface area (TPSA) is 37.8 Å². The van der Waals surface area contributed by atoms with Crippen molar-refractivity contribution in [1.82, 2.24) is 9.97 Å². The lowest BCUT2D eigenvalue weighted by atomic mass is 10.3. The average Bonchev–Trinajstić information content (AvgIpc) is 2.65. The van der Waals surface area contributed by atoms with Crippen LogP contribution in [0.25, 0.3) is 0 Å². The van der Waals surface area contributed by atoms with Gasteiger partial charge in [0.1, 0.15) is 15.4 Å². The maximum atomic E-state index is 4.35. The molecule has 2 heterocycles. The van der Waals surface area contributed by atoms with E-state index in [-0.39, 0.29) is 6.04 Å². The standard InChI is InChI=1S/C11H12BrN3S/c1-7-6-13-11(16-7)8(2)14-10-5-3-4-9(12)15-10/h3-6,8H,1-2H3,(H,14,15). The number of hydrogen-bond acceptors (Lipinski definition) is 4. The number of halogens is 1. The van der Waals surface area contributed by atoms with Gasteiger partial charge in [-0.2, -0.15) is 0 Å². The molecular weight excluding hydrogens is 286 g/mol. The van der Waals surface area contributed by atoms with Crippen LogP contribution in [0.5, 0.6) is 0 Å². The highest BCUT2D eigenvalue weighted by molar-refractivity contribution is 9.10. The average molecular weight is 298 g/mol. The Morgan fingerprint density at radius 3 is 2.88 bits per heavy atom. The Morgan fingerprint density at radius 1 is 1.44 bits per heavy atom. The maximum absolute atomic E-state index is 4.35. The van der Waals surface area contributed by atoms with E-state index in [2.05, 4.69) is 45.1 Å². The zero-order chi connectivity index (χ0) is 11.5. The fourth-order valence-corrected chi connectivity index (χ4v) is 2.46. The van der Waals surface area contributed by atoms with Gasteiger partial charge in [-0.25, -0.2) is 9.97 Å². The Hall–Kier alpha value is -0.940. The highest BCUT2D eigenvalue weighted by Crippen LogP contribution is 2.22. The number of nitrogens with one attached hydrogen (secondary N) is 1. The van der Waals surface area contributed by atoms with E-state index in [1.165, 1.54) is 4.88 Å². The molecule has 3 nitrogen and oxygen atoms in total. The molecule has 0 aromatic carbocycles. The van der Waals surface area contributed by atoms with Crippen molar-refractivity contribution in [2.24, 2.45) is 0 Å². The molecule has 16 heavy (non-hydrogen) atoms. The number of hydrogen-bond donors (Lipinski definition) is 1. The van der Waals surface area contributed by atoms with Crippen molar-refractivity contribution in [1.29, 1.82) is 0 Å². The van der Waals surface area contributed by atoms with Crippen molar-refractivity contribution in [3.05, 3.63) is 38.9 Å². The first-order chi connectivity index (χ1) is 7.65. The van der Waals surface area contributed by atoms with Gasteiger partial charge in [0.2, 0.25) is 0 Å². The minimum atomic E-state index is 0.181. The largest absolute Gasteiger partial charge is 0.361 e. The number of anilines is 1. The maximum Gasteiger partial charge on any atom is 0.127 e. The minimum absolute atomic E-state index is 0.181. The number of rotatable bonds is 3. The molecule has 0 aliphatic carbocycles. The van der Waals surface area contributed by atoms with Crippen LogP contribution in [-0.2, 0) is 0 Å². The quantitative estimate of drug-likeness (QED) is 0.876. The molecule has 0 saturated heterocycles. The molecule has 0 amide bonds. The Labute approximate surface area is 107 Å². The fourth-order valence-electron chi connectivity index (χ4n) is 1.34. The van der Waals surface area contributed by atoms with Gasteiger partial charge in [0.15, 0.2) is 0 Å². The first-order valence-electron chi connectivity index (χ1n) is 4.96. The van der Waals surface area contributed by atoms with Gasteiger partial charge >= 0.3 is 0 Å². The summed E-state index contributed by atoms with van der Waals surface area (Å²) in [7, 11) is 0. The summed E-state index contributed by atoms with van der Waals surface area (Å²) in [4.78, 5) is 9.91. The summed E-state index contributed by atoms with van der Waals surface area (Å²) in [5.41, 5.74) is 0. The second-order valence-electron chi connectivity index (χ2n) is 3.52. The van der Waals surface area contributed by atoms with Crippen LogP contribution in [0.2, 0.25) is 0 Å². The molecule has 0 bridgehead atoms. The van der Waals surface area contributed by atoms with Crippen LogP contribution in [0.15, 0.2) is 29.0 Å². The Kier molecular flexibility index (Phi) is 3.56. The Morgan fingerprint density at radius 2 is 2.25 bits per heavy atom. The number of nitrogens with zero attached hydrogens (tertiary/aromatic N) is 2. The van der Waals surface area contributed by atoms with E-state index in [0.29, 0.717) is 0 Å². The summed E-state index contributed by atoms with van der Waals surface area (Å²) in [6.07, 6.45) is 1.90. The third kappa shape index (κ3) is 2.80. The van der Waals surface area contributed by atoms with Crippen molar-refractivity contribution >= 4 is 33.1 Å². The predicted octanol–water partition coefficient (Wildman–Crippen LogP) is 3.78. The molecular formula is C11H12BrN3S. The number of aryl methyl sites for hydroxylation is 1. The van der Waals surface area contributed by atoms with Crippen molar-refractivity contribution < 1.29 is 0 Å². The van der Waals surface area contributed by atoms with Crippen molar-refractivity contribution in [2.75, 3.05) is 5.32 Å². The SMILES string of the molecule is Cc1cnc(C(C)Nc2cccc(Br)n2)s1. The van der Waals surface area contributed by atoms with Crippen molar-refractivity contribution in [3.8, 4) is 0 Å². The number of pyridine rings is 1. The lowest BCUT2D eigenvalue weighted by molar-refractivity contribution is 0.859. The van der Waals surface area contributed by atoms with E-state index in [4.69, 9.17) is 0 Å². The first-order valence-corrected chi connectivity index (χ1v) is 6.57. The van der Waals surface area contributed by atoms with Crippen LogP contribution in [0.3, 0.4) is 0 Å². The minimum Gasteiger partial charge on any atom is -0.361 e. The van der Waals surface area contributed by atoms with Gasteiger partial charge in [-0.15, -0.1) is 11.3 Å². The molecule has 2 aromatic rings. The van der Waals surface area contributed by atoms with Crippen LogP contribution in [-0.4, -0.2) is 9.97 Å². The van der Waals surface area contributed by atoms with Crippen LogP contribution in [0.1, 0.15) is 22.9 Å². The Bertz CT molecular complexity index is 484. The molecule has 0 aliphatic rings. The van der Waals surface area contributed by atoms with Gasteiger partial charge in [0.05, 0.1) is 6.04 Å². The van der Waals surface area contributed by atoms with E-state index < -0.39 is 0 Å². The van der Waals surface area contributed by atoms with E-state index in [0.717, 1.165) is 15.4 Å². The summed E-state index contributed by atoms with van der Waals surface area (Å²) in [6.45, 7) is 4.14. The highest BCUT2D eigenvalue weighted by atomic mass is 79.9.